The van der Waals surface area contributed by atoms with E-state index in [0.29, 0.717) is 25.4 Å². The Morgan fingerprint density at radius 3 is 2.23 bits per heavy atom. The number of benzene rings is 2. The Morgan fingerprint density at radius 1 is 0.955 bits per heavy atom. The van der Waals surface area contributed by atoms with Gasteiger partial charge in [0.25, 0.3) is 0 Å². The zero-order chi connectivity index (χ0) is 15.8. The third-order valence-electron chi connectivity index (χ3n) is 3.26. The minimum Gasteiger partial charge on any atom is -0.486 e. The lowest BCUT2D eigenvalue weighted by Gasteiger charge is -2.23. The predicted molar refractivity (Wildman–Crippen MR) is 83.6 cm³/mol. The smallest absolute Gasteiger partial charge is 0.167 e. The van der Waals surface area contributed by atoms with Gasteiger partial charge >= 0.3 is 0 Å². The van der Waals surface area contributed by atoms with Gasteiger partial charge in [-0.1, -0.05) is 30.3 Å². The molecule has 4 nitrogen and oxygen atoms in total. The summed E-state index contributed by atoms with van der Waals surface area (Å²) in [5.74, 6) is -0.283. The van der Waals surface area contributed by atoms with Gasteiger partial charge in [0, 0.05) is 24.8 Å². The molecule has 2 aromatic carbocycles. The van der Waals surface area contributed by atoms with Crippen LogP contribution < -0.4 is 9.64 Å². The first-order chi connectivity index (χ1) is 10.7. The van der Waals surface area contributed by atoms with E-state index in [1.807, 2.05) is 30.3 Å². The normalized spacial score (nSPS) is 10.5. The molecule has 0 aliphatic rings. The van der Waals surface area contributed by atoms with E-state index in [-0.39, 0.29) is 19.0 Å². The molecule has 0 radical (unpaired) electrons. The maximum Gasteiger partial charge on any atom is 0.167 e. The van der Waals surface area contributed by atoms with Gasteiger partial charge in [-0.2, -0.15) is 0 Å². The van der Waals surface area contributed by atoms with Gasteiger partial charge in [-0.25, -0.2) is 4.39 Å². The van der Waals surface area contributed by atoms with Crippen LogP contribution in [-0.2, 0) is 6.61 Å². The summed E-state index contributed by atoms with van der Waals surface area (Å²) in [6.07, 6.45) is 0. The predicted octanol–water partition coefficient (Wildman–Crippen LogP) is 2.20. The summed E-state index contributed by atoms with van der Waals surface area (Å²) in [6, 6.07) is 14.2. The highest BCUT2D eigenvalue weighted by atomic mass is 19.1. The van der Waals surface area contributed by atoms with Crippen LogP contribution >= 0.6 is 0 Å². The molecule has 2 aromatic rings. The van der Waals surface area contributed by atoms with Crippen LogP contribution in [0.1, 0.15) is 5.56 Å². The fourth-order valence-electron chi connectivity index (χ4n) is 2.15. The summed E-state index contributed by atoms with van der Waals surface area (Å²) in [7, 11) is 0. The van der Waals surface area contributed by atoms with E-state index in [4.69, 9.17) is 14.9 Å². The van der Waals surface area contributed by atoms with Crippen molar-refractivity contribution in [2.45, 2.75) is 6.61 Å². The quantitative estimate of drug-likeness (QED) is 0.785. The monoisotopic (exact) mass is 305 g/mol. The third-order valence-corrected chi connectivity index (χ3v) is 3.26. The maximum atomic E-state index is 14.1. The molecular formula is C17H20FNO3. The van der Waals surface area contributed by atoms with E-state index in [2.05, 4.69) is 0 Å². The van der Waals surface area contributed by atoms with Crippen molar-refractivity contribution >= 4 is 5.69 Å². The molecular weight excluding hydrogens is 285 g/mol. The fourth-order valence-corrected chi connectivity index (χ4v) is 2.15. The summed E-state index contributed by atoms with van der Waals surface area (Å²) >= 11 is 0. The second-order valence-corrected chi connectivity index (χ2v) is 4.82. The van der Waals surface area contributed by atoms with Crippen LogP contribution in [0.2, 0.25) is 0 Å². The maximum absolute atomic E-state index is 14.1. The number of aliphatic hydroxyl groups is 2. The highest BCUT2D eigenvalue weighted by molar-refractivity contribution is 5.50. The Kier molecular flexibility index (Phi) is 6.18. The molecule has 0 aliphatic heterocycles. The van der Waals surface area contributed by atoms with E-state index >= 15 is 0 Å². The van der Waals surface area contributed by atoms with Crippen molar-refractivity contribution in [3.05, 3.63) is 59.9 Å². The standard InChI is InChI=1S/C17H20FNO3/c18-16-12-15(19(8-10-20)9-11-21)6-7-17(16)22-13-14-4-2-1-3-5-14/h1-7,12,20-21H,8-11,13H2. The molecule has 5 heteroatoms. The van der Waals surface area contributed by atoms with Crippen molar-refractivity contribution < 1.29 is 19.3 Å². The molecule has 0 saturated heterocycles. The van der Waals surface area contributed by atoms with Gasteiger partial charge in [-0.05, 0) is 17.7 Å². The highest BCUT2D eigenvalue weighted by Gasteiger charge is 2.10. The van der Waals surface area contributed by atoms with E-state index < -0.39 is 5.82 Å². The fraction of sp³-hybridized carbons (Fsp3) is 0.294. The Balaban J connectivity index is 2.05. The molecule has 2 rings (SSSR count). The molecule has 0 unspecified atom stereocenters. The Hall–Kier alpha value is -2.11. The van der Waals surface area contributed by atoms with Gasteiger partial charge in [0.05, 0.1) is 13.2 Å². The van der Waals surface area contributed by atoms with Gasteiger partial charge in [-0.15, -0.1) is 0 Å². The molecule has 0 aliphatic carbocycles. The Morgan fingerprint density at radius 2 is 1.64 bits per heavy atom. The molecule has 22 heavy (non-hydrogen) atoms. The SMILES string of the molecule is OCCN(CCO)c1ccc(OCc2ccccc2)c(F)c1. The number of hydrogen-bond donors (Lipinski definition) is 2. The lowest BCUT2D eigenvalue weighted by atomic mass is 10.2. The van der Waals surface area contributed by atoms with Crippen LogP contribution in [-0.4, -0.2) is 36.5 Å². The largest absolute Gasteiger partial charge is 0.486 e. The minimum absolute atomic E-state index is 0.0616. The highest BCUT2D eigenvalue weighted by Crippen LogP contribution is 2.24. The second kappa shape index (κ2) is 8.36. The number of anilines is 1. The number of hydrogen-bond acceptors (Lipinski definition) is 4. The third kappa shape index (κ3) is 4.44. The molecule has 0 spiro atoms. The van der Waals surface area contributed by atoms with Crippen LogP contribution in [0.15, 0.2) is 48.5 Å². The van der Waals surface area contributed by atoms with Crippen molar-refractivity contribution in [3.8, 4) is 5.75 Å². The van der Waals surface area contributed by atoms with E-state index in [0.717, 1.165) is 5.56 Å². The number of halogens is 1. The molecule has 0 aromatic heterocycles. The molecule has 2 N–H and O–H groups in total. The zero-order valence-corrected chi connectivity index (χ0v) is 12.3. The second-order valence-electron chi connectivity index (χ2n) is 4.82. The van der Waals surface area contributed by atoms with E-state index in [9.17, 15) is 4.39 Å². The number of nitrogens with zero attached hydrogens (tertiary/aromatic N) is 1. The lowest BCUT2D eigenvalue weighted by Crippen LogP contribution is -2.29. The lowest BCUT2D eigenvalue weighted by molar-refractivity contribution is 0.280. The van der Waals surface area contributed by atoms with Gasteiger partial charge in [0.1, 0.15) is 6.61 Å². The first-order valence-corrected chi connectivity index (χ1v) is 7.17. The molecule has 0 atom stereocenters. The van der Waals surface area contributed by atoms with Crippen molar-refractivity contribution in [2.75, 3.05) is 31.2 Å². The number of rotatable bonds is 8. The van der Waals surface area contributed by atoms with Gasteiger partial charge < -0.3 is 19.8 Å². The molecule has 0 heterocycles. The van der Waals surface area contributed by atoms with Crippen LogP contribution in [0.3, 0.4) is 0 Å². The summed E-state index contributed by atoms with van der Waals surface area (Å²) in [5, 5.41) is 18.0. The zero-order valence-electron chi connectivity index (χ0n) is 12.3. The summed E-state index contributed by atoms with van der Waals surface area (Å²) in [4.78, 5) is 1.71. The first-order valence-electron chi connectivity index (χ1n) is 7.17. The van der Waals surface area contributed by atoms with Crippen LogP contribution in [0, 0.1) is 5.82 Å². The molecule has 0 fully saturated rings. The van der Waals surface area contributed by atoms with Crippen molar-refractivity contribution in [1.29, 1.82) is 0 Å². The van der Waals surface area contributed by atoms with Crippen molar-refractivity contribution in [2.24, 2.45) is 0 Å². The van der Waals surface area contributed by atoms with E-state index in [1.165, 1.54) is 6.07 Å². The van der Waals surface area contributed by atoms with Crippen LogP contribution in [0.25, 0.3) is 0 Å². The van der Waals surface area contributed by atoms with E-state index in [1.54, 1.807) is 17.0 Å². The van der Waals surface area contributed by atoms with Gasteiger partial charge in [0.15, 0.2) is 11.6 Å². The summed E-state index contributed by atoms with van der Waals surface area (Å²) < 4.78 is 19.6. The Labute approximate surface area is 129 Å². The van der Waals surface area contributed by atoms with Gasteiger partial charge in [-0.3, -0.25) is 0 Å². The average Bonchev–Trinajstić information content (AvgIpc) is 2.54. The Bertz CT molecular complexity index is 571. The topological polar surface area (TPSA) is 52.9 Å². The van der Waals surface area contributed by atoms with Gasteiger partial charge in [0.2, 0.25) is 0 Å². The minimum atomic E-state index is -0.464. The number of ether oxygens (including phenoxy) is 1. The molecule has 0 amide bonds. The first kappa shape index (κ1) is 16.3. The van der Waals surface area contributed by atoms with Crippen molar-refractivity contribution in [3.63, 3.8) is 0 Å². The van der Waals surface area contributed by atoms with Crippen molar-refractivity contribution in [1.82, 2.24) is 0 Å². The summed E-state index contributed by atoms with van der Waals surface area (Å²) in [6.45, 7) is 0.851. The van der Waals surface area contributed by atoms with Crippen LogP contribution in [0.4, 0.5) is 10.1 Å². The molecule has 118 valence electrons. The summed E-state index contributed by atoms with van der Waals surface area (Å²) in [5.41, 5.74) is 1.57. The average molecular weight is 305 g/mol. The number of aliphatic hydroxyl groups excluding tert-OH is 2. The van der Waals surface area contributed by atoms with Crippen LogP contribution in [0.5, 0.6) is 5.75 Å². The molecule has 0 bridgehead atoms. The molecule has 0 saturated carbocycles.